The molecule has 2 aromatic carbocycles. The summed E-state index contributed by atoms with van der Waals surface area (Å²) < 4.78 is 1.03. The van der Waals surface area contributed by atoms with E-state index in [2.05, 4.69) is 16.4 Å². The van der Waals surface area contributed by atoms with Crippen LogP contribution >= 0.6 is 22.7 Å². The maximum atomic E-state index is 12.4. The highest BCUT2D eigenvalue weighted by Crippen LogP contribution is 2.33. The molecule has 0 saturated heterocycles. The second kappa shape index (κ2) is 6.55. The van der Waals surface area contributed by atoms with Gasteiger partial charge in [0.2, 0.25) is 0 Å². The number of fused-ring (bicyclic) bond motifs is 1. The van der Waals surface area contributed by atoms with Crippen molar-refractivity contribution < 1.29 is 4.79 Å². The molecule has 24 heavy (non-hydrogen) atoms. The Kier molecular flexibility index (Phi) is 4.11. The molecular formula is C19H14N2OS2. The van der Waals surface area contributed by atoms with Crippen LogP contribution in [-0.2, 0) is 6.54 Å². The molecule has 4 rings (SSSR count). The smallest absolute Gasteiger partial charge is 0.251 e. The summed E-state index contributed by atoms with van der Waals surface area (Å²) in [5.41, 5.74) is 2.69. The van der Waals surface area contributed by atoms with Gasteiger partial charge < -0.3 is 5.32 Å². The fourth-order valence-electron chi connectivity index (χ4n) is 2.45. The molecular weight excluding hydrogens is 336 g/mol. The van der Waals surface area contributed by atoms with Crippen molar-refractivity contribution in [3.63, 3.8) is 0 Å². The predicted molar refractivity (Wildman–Crippen MR) is 101 cm³/mol. The number of thiophene rings is 1. The summed E-state index contributed by atoms with van der Waals surface area (Å²) in [4.78, 5) is 18.2. The summed E-state index contributed by atoms with van der Waals surface area (Å²) in [6.07, 6.45) is 0. The van der Waals surface area contributed by atoms with Crippen molar-refractivity contribution in [1.29, 1.82) is 0 Å². The number of nitrogens with one attached hydrogen (secondary N) is 1. The second-order valence-electron chi connectivity index (χ2n) is 5.35. The van der Waals surface area contributed by atoms with Gasteiger partial charge in [-0.3, -0.25) is 4.79 Å². The number of carbonyl (C=O) groups excluding carboxylic acids is 1. The van der Waals surface area contributed by atoms with Crippen LogP contribution in [-0.4, -0.2) is 10.9 Å². The van der Waals surface area contributed by atoms with Crippen LogP contribution in [0.4, 0.5) is 0 Å². The Morgan fingerprint density at radius 3 is 2.71 bits per heavy atom. The molecule has 0 unspecified atom stereocenters. The van der Waals surface area contributed by atoms with Gasteiger partial charge in [0.05, 0.1) is 15.1 Å². The summed E-state index contributed by atoms with van der Waals surface area (Å²) in [7, 11) is 0. The molecule has 118 valence electrons. The first-order chi connectivity index (χ1) is 11.8. The van der Waals surface area contributed by atoms with Crippen molar-refractivity contribution in [2.45, 2.75) is 6.54 Å². The van der Waals surface area contributed by atoms with E-state index in [9.17, 15) is 4.79 Å². The number of aromatic nitrogens is 1. The van der Waals surface area contributed by atoms with E-state index < -0.39 is 0 Å². The average molecular weight is 350 g/mol. The molecule has 5 heteroatoms. The van der Waals surface area contributed by atoms with Crippen LogP contribution in [0.5, 0.6) is 0 Å². The van der Waals surface area contributed by atoms with Crippen molar-refractivity contribution in [3.8, 4) is 9.88 Å². The minimum Gasteiger partial charge on any atom is -0.348 e. The van der Waals surface area contributed by atoms with Gasteiger partial charge in [-0.05, 0) is 35.2 Å². The minimum absolute atomic E-state index is 0.0631. The Bertz CT molecular complexity index is 975. The number of rotatable bonds is 4. The monoisotopic (exact) mass is 350 g/mol. The molecule has 0 aliphatic heterocycles. The van der Waals surface area contributed by atoms with Crippen LogP contribution in [0.3, 0.4) is 0 Å². The number of thiazole rings is 1. The van der Waals surface area contributed by atoms with Gasteiger partial charge in [0, 0.05) is 12.1 Å². The second-order valence-corrected chi connectivity index (χ2v) is 7.33. The van der Waals surface area contributed by atoms with Crippen LogP contribution in [0, 0.1) is 0 Å². The fourth-order valence-corrected chi connectivity index (χ4v) is 4.25. The Hall–Kier alpha value is -2.50. The molecule has 0 atom stereocenters. The third-order valence-corrected chi connectivity index (χ3v) is 5.74. The van der Waals surface area contributed by atoms with E-state index in [0.29, 0.717) is 12.1 Å². The number of benzene rings is 2. The average Bonchev–Trinajstić information content (AvgIpc) is 3.28. The molecule has 4 aromatic rings. The van der Waals surface area contributed by atoms with Gasteiger partial charge in [0.15, 0.2) is 0 Å². The summed E-state index contributed by atoms with van der Waals surface area (Å²) in [6.45, 7) is 0.529. The first kappa shape index (κ1) is 15.1. The lowest BCUT2D eigenvalue weighted by Gasteiger charge is -2.05. The molecule has 3 nitrogen and oxygen atoms in total. The summed E-state index contributed by atoms with van der Waals surface area (Å²) in [6, 6.07) is 19.7. The lowest BCUT2D eigenvalue weighted by Crippen LogP contribution is -2.22. The first-order valence-corrected chi connectivity index (χ1v) is 9.26. The van der Waals surface area contributed by atoms with Crippen molar-refractivity contribution >= 4 is 38.8 Å². The number of hydrogen-bond donors (Lipinski definition) is 1. The topological polar surface area (TPSA) is 42.0 Å². The molecule has 2 aromatic heterocycles. The van der Waals surface area contributed by atoms with Gasteiger partial charge in [0.25, 0.3) is 5.91 Å². The molecule has 0 radical (unpaired) electrons. The van der Waals surface area contributed by atoms with Crippen molar-refractivity contribution in [2.24, 2.45) is 0 Å². The third kappa shape index (κ3) is 3.09. The number of carbonyl (C=O) groups is 1. The van der Waals surface area contributed by atoms with Crippen LogP contribution in [0.2, 0.25) is 0 Å². The van der Waals surface area contributed by atoms with E-state index >= 15 is 0 Å². The number of hydrogen-bond acceptors (Lipinski definition) is 4. The van der Waals surface area contributed by atoms with Gasteiger partial charge in [0.1, 0.15) is 5.01 Å². The highest BCUT2D eigenvalue weighted by Gasteiger charge is 2.11. The minimum atomic E-state index is -0.0631. The zero-order chi connectivity index (χ0) is 16.4. The summed E-state index contributed by atoms with van der Waals surface area (Å²) in [5.74, 6) is -0.0631. The highest BCUT2D eigenvalue weighted by molar-refractivity contribution is 7.25. The molecule has 0 spiro atoms. The van der Waals surface area contributed by atoms with E-state index in [1.807, 2.05) is 60.0 Å². The van der Waals surface area contributed by atoms with Gasteiger partial charge >= 0.3 is 0 Å². The maximum Gasteiger partial charge on any atom is 0.251 e. The zero-order valence-electron chi connectivity index (χ0n) is 12.7. The molecule has 0 aliphatic rings. The van der Waals surface area contributed by atoms with Crippen molar-refractivity contribution in [1.82, 2.24) is 10.3 Å². The Labute approximate surface area is 147 Å². The Morgan fingerprint density at radius 1 is 1.04 bits per heavy atom. The van der Waals surface area contributed by atoms with Crippen LogP contribution < -0.4 is 5.32 Å². The van der Waals surface area contributed by atoms with Gasteiger partial charge in [-0.15, -0.1) is 22.7 Å². The van der Waals surface area contributed by atoms with Crippen molar-refractivity contribution in [2.75, 3.05) is 0 Å². The van der Waals surface area contributed by atoms with Gasteiger partial charge in [-0.25, -0.2) is 4.98 Å². The van der Waals surface area contributed by atoms with Crippen LogP contribution in [0.1, 0.15) is 15.9 Å². The Balaban J connectivity index is 1.55. The fraction of sp³-hybridized carbons (Fsp3) is 0.0526. The largest absolute Gasteiger partial charge is 0.348 e. The van der Waals surface area contributed by atoms with E-state index in [1.165, 1.54) is 0 Å². The van der Waals surface area contributed by atoms with Gasteiger partial charge in [-0.2, -0.15) is 0 Å². The highest BCUT2D eigenvalue weighted by atomic mass is 32.1. The lowest BCUT2D eigenvalue weighted by atomic mass is 10.2. The van der Waals surface area contributed by atoms with Crippen LogP contribution in [0.15, 0.2) is 66.0 Å². The standard InChI is InChI=1S/C19H14N2OS2/c22-18(20-12-13-5-2-1-3-6-13)14-8-9-15-17(11-14)24-19(21-15)16-7-4-10-23-16/h1-11H,12H2,(H,20,22). The van der Waals surface area contributed by atoms with E-state index in [1.54, 1.807) is 22.7 Å². The molecule has 0 aliphatic carbocycles. The zero-order valence-corrected chi connectivity index (χ0v) is 14.4. The number of nitrogens with zero attached hydrogens (tertiary/aromatic N) is 1. The number of amides is 1. The molecule has 2 heterocycles. The molecule has 1 amide bonds. The van der Waals surface area contributed by atoms with E-state index in [-0.39, 0.29) is 5.91 Å². The van der Waals surface area contributed by atoms with E-state index in [4.69, 9.17) is 0 Å². The van der Waals surface area contributed by atoms with E-state index in [0.717, 1.165) is 25.7 Å². The molecule has 1 N–H and O–H groups in total. The van der Waals surface area contributed by atoms with Gasteiger partial charge in [-0.1, -0.05) is 36.4 Å². The van der Waals surface area contributed by atoms with Crippen molar-refractivity contribution in [3.05, 3.63) is 77.2 Å². The normalized spacial score (nSPS) is 10.8. The van der Waals surface area contributed by atoms with Crippen LogP contribution in [0.25, 0.3) is 20.1 Å². The molecule has 0 bridgehead atoms. The Morgan fingerprint density at radius 2 is 1.92 bits per heavy atom. The SMILES string of the molecule is O=C(NCc1ccccc1)c1ccc2nc(-c3cccs3)sc2c1. The summed E-state index contributed by atoms with van der Waals surface area (Å²) in [5, 5.41) is 6.01. The molecule has 0 saturated carbocycles. The third-order valence-electron chi connectivity index (χ3n) is 3.68. The quantitative estimate of drug-likeness (QED) is 0.565. The maximum absolute atomic E-state index is 12.4. The lowest BCUT2D eigenvalue weighted by molar-refractivity contribution is 0.0951. The predicted octanol–water partition coefficient (Wildman–Crippen LogP) is 4.95. The summed E-state index contributed by atoms with van der Waals surface area (Å²) >= 11 is 3.30. The molecule has 0 fully saturated rings. The first-order valence-electron chi connectivity index (χ1n) is 7.56.